The molecule has 1 saturated heterocycles. The van der Waals surface area contributed by atoms with E-state index < -0.39 is 5.60 Å². The Bertz CT molecular complexity index is 953. The van der Waals surface area contributed by atoms with E-state index in [2.05, 4.69) is 33.8 Å². The molecule has 30 heavy (non-hydrogen) atoms. The van der Waals surface area contributed by atoms with E-state index in [1.54, 1.807) is 4.90 Å². The number of aromatic nitrogens is 2. The van der Waals surface area contributed by atoms with Gasteiger partial charge in [0.1, 0.15) is 5.60 Å². The molecule has 1 N–H and O–H groups in total. The summed E-state index contributed by atoms with van der Waals surface area (Å²) in [6.07, 6.45) is 6.86. The second-order valence-corrected chi connectivity index (χ2v) is 10.2. The summed E-state index contributed by atoms with van der Waals surface area (Å²) in [6.45, 7) is 6.98. The van der Waals surface area contributed by atoms with Crippen LogP contribution in [0.3, 0.4) is 0 Å². The van der Waals surface area contributed by atoms with Crippen molar-refractivity contribution < 1.29 is 14.6 Å². The van der Waals surface area contributed by atoms with Gasteiger partial charge in [0, 0.05) is 30.0 Å². The van der Waals surface area contributed by atoms with Crippen LogP contribution >= 0.6 is 0 Å². The van der Waals surface area contributed by atoms with Crippen LogP contribution < -0.4 is 0 Å². The van der Waals surface area contributed by atoms with Gasteiger partial charge in [-0.3, -0.25) is 0 Å². The van der Waals surface area contributed by atoms with Crippen molar-refractivity contribution in [1.29, 1.82) is 0 Å². The highest BCUT2D eigenvalue weighted by atomic mass is 16.6. The predicted molar refractivity (Wildman–Crippen MR) is 114 cm³/mol. The van der Waals surface area contributed by atoms with E-state index in [0.29, 0.717) is 13.1 Å². The largest absolute Gasteiger partial charge is 0.444 e. The number of aliphatic hydroxyl groups excluding tert-OH is 1. The Labute approximate surface area is 177 Å². The van der Waals surface area contributed by atoms with Crippen molar-refractivity contribution in [1.82, 2.24) is 14.5 Å². The number of benzene rings is 1. The fourth-order valence-electron chi connectivity index (χ4n) is 5.86. The molecule has 6 heteroatoms. The topological polar surface area (TPSA) is 67.6 Å². The van der Waals surface area contributed by atoms with Crippen LogP contribution in [0.2, 0.25) is 0 Å². The third-order valence-electron chi connectivity index (χ3n) is 7.35. The zero-order valence-corrected chi connectivity index (χ0v) is 18.0. The van der Waals surface area contributed by atoms with Crippen molar-refractivity contribution in [3.8, 4) is 11.3 Å². The minimum atomic E-state index is -0.484. The summed E-state index contributed by atoms with van der Waals surface area (Å²) in [5, 5.41) is 11.6. The summed E-state index contributed by atoms with van der Waals surface area (Å²) in [6, 6.07) is 8.63. The second kappa shape index (κ2) is 6.84. The SMILES string of the molecule is CC(C)(C)OC(=O)N1CCC2(CC[C@@H]([C@H]3c4ccccc4-c4cncn43)[C@H]2O)CC1. The number of amides is 1. The molecule has 1 aromatic carbocycles. The van der Waals surface area contributed by atoms with Crippen LogP contribution in [0.25, 0.3) is 11.3 Å². The minimum absolute atomic E-state index is 0.110. The zero-order chi connectivity index (χ0) is 21.1. The van der Waals surface area contributed by atoms with E-state index in [9.17, 15) is 9.90 Å². The number of carbonyl (C=O) groups is 1. The molecule has 0 unspecified atom stereocenters. The highest BCUT2D eigenvalue weighted by molar-refractivity contribution is 5.69. The summed E-state index contributed by atoms with van der Waals surface area (Å²) in [4.78, 5) is 18.6. The van der Waals surface area contributed by atoms with Crippen LogP contribution in [-0.4, -0.2) is 50.4 Å². The molecular formula is C24H31N3O3. The lowest BCUT2D eigenvalue weighted by Crippen LogP contribution is -2.48. The predicted octanol–water partition coefficient (Wildman–Crippen LogP) is 4.24. The Balaban J connectivity index is 1.34. The average Bonchev–Trinajstić information content (AvgIpc) is 3.36. The quantitative estimate of drug-likeness (QED) is 0.765. The molecule has 1 saturated carbocycles. The van der Waals surface area contributed by atoms with E-state index in [0.717, 1.165) is 31.4 Å². The molecule has 6 nitrogen and oxygen atoms in total. The molecule has 3 heterocycles. The van der Waals surface area contributed by atoms with Gasteiger partial charge in [-0.1, -0.05) is 24.3 Å². The maximum Gasteiger partial charge on any atom is 0.410 e. The lowest BCUT2D eigenvalue weighted by molar-refractivity contribution is -0.0341. The Morgan fingerprint density at radius 1 is 1.20 bits per heavy atom. The van der Waals surface area contributed by atoms with E-state index in [-0.39, 0.29) is 29.6 Å². The molecule has 1 spiro atoms. The van der Waals surface area contributed by atoms with Crippen LogP contribution in [0, 0.1) is 11.3 Å². The summed E-state index contributed by atoms with van der Waals surface area (Å²) in [5.74, 6) is 0.162. The summed E-state index contributed by atoms with van der Waals surface area (Å²) >= 11 is 0. The van der Waals surface area contributed by atoms with Crippen LogP contribution in [0.15, 0.2) is 36.8 Å². The second-order valence-electron chi connectivity index (χ2n) is 10.2. The van der Waals surface area contributed by atoms with Gasteiger partial charge in [0.2, 0.25) is 0 Å². The molecule has 0 radical (unpaired) electrons. The first-order valence-corrected chi connectivity index (χ1v) is 11.1. The standard InChI is InChI=1S/C24H31N3O3/c1-23(2,3)30-22(29)26-12-10-24(11-13-26)9-8-18(21(24)28)20-17-7-5-4-6-16(17)19-14-25-15-27(19)20/h4-7,14-15,18,20-21,28H,8-13H2,1-3H3/t18-,20+,21+/m0/s1. The number of ether oxygens (including phenoxy) is 1. The van der Waals surface area contributed by atoms with Crippen molar-refractivity contribution in [2.24, 2.45) is 11.3 Å². The van der Waals surface area contributed by atoms with Gasteiger partial charge in [0.05, 0.1) is 30.4 Å². The molecule has 3 aliphatic rings. The number of likely N-dealkylation sites (tertiary alicyclic amines) is 1. The van der Waals surface area contributed by atoms with E-state index in [4.69, 9.17) is 4.74 Å². The maximum atomic E-state index is 12.4. The number of hydrogen-bond acceptors (Lipinski definition) is 4. The van der Waals surface area contributed by atoms with Gasteiger partial charge in [0.25, 0.3) is 0 Å². The van der Waals surface area contributed by atoms with Crippen molar-refractivity contribution in [3.63, 3.8) is 0 Å². The lowest BCUT2D eigenvalue weighted by atomic mass is 9.73. The van der Waals surface area contributed by atoms with Crippen LogP contribution in [0.5, 0.6) is 0 Å². The smallest absolute Gasteiger partial charge is 0.410 e. The van der Waals surface area contributed by atoms with Crippen molar-refractivity contribution in [2.75, 3.05) is 13.1 Å². The first kappa shape index (κ1) is 19.6. The fraction of sp³-hybridized carbons (Fsp3) is 0.583. The molecule has 1 aliphatic carbocycles. The molecule has 1 aromatic heterocycles. The monoisotopic (exact) mass is 409 g/mol. The third-order valence-corrected chi connectivity index (χ3v) is 7.35. The summed E-state index contributed by atoms with van der Waals surface area (Å²) < 4.78 is 7.78. The molecule has 160 valence electrons. The fourth-order valence-corrected chi connectivity index (χ4v) is 5.86. The third kappa shape index (κ3) is 3.04. The summed E-state index contributed by atoms with van der Waals surface area (Å²) in [5.41, 5.74) is 3.07. The molecule has 2 fully saturated rings. The van der Waals surface area contributed by atoms with E-state index in [1.165, 1.54) is 11.1 Å². The van der Waals surface area contributed by atoms with Gasteiger partial charge in [-0.2, -0.15) is 0 Å². The molecule has 5 rings (SSSR count). The molecule has 3 atom stereocenters. The number of hydrogen-bond donors (Lipinski definition) is 1. The van der Waals surface area contributed by atoms with E-state index >= 15 is 0 Å². The Morgan fingerprint density at radius 2 is 1.93 bits per heavy atom. The molecule has 2 aromatic rings. The number of piperidine rings is 1. The molecule has 1 amide bonds. The van der Waals surface area contributed by atoms with Gasteiger partial charge >= 0.3 is 6.09 Å². The Hall–Kier alpha value is -2.34. The van der Waals surface area contributed by atoms with Gasteiger partial charge in [-0.25, -0.2) is 9.78 Å². The first-order chi connectivity index (χ1) is 14.3. The normalized spacial score (nSPS) is 27.2. The van der Waals surface area contributed by atoms with Crippen LogP contribution in [-0.2, 0) is 4.74 Å². The van der Waals surface area contributed by atoms with Gasteiger partial charge in [0.15, 0.2) is 0 Å². The van der Waals surface area contributed by atoms with Gasteiger partial charge in [-0.15, -0.1) is 0 Å². The van der Waals surface area contributed by atoms with Crippen molar-refractivity contribution >= 4 is 6.09 Å². The number of aliphatic hydroxyl groups is 1. The van der Waals surface area contributed by atoms with E-state index in [1.807, 2.05) is 33.3 Å². The Morgan fingerprint density at radius 3 is 2.67 bits per heavy atom. The minimum Gasteiger partial charge on any atom is -0.444 e. The highest BCUT2D eigenvalue weighted by Gasteiger charge is 2.53. The number of nitrogens with zero attached hydrogens (tertiary/aromatic N) is 3. The van der Waals surface area contributed by atoms with Crippen LogP contribution in [0.4, 0.5) is 4.79 Å². The first-order valence-electron chi connectivity index (χ1n) is 11.1. The van der Waals surface area contributed by atoms with Crippen molar-refractivity contribution in [3.05, 3.63) is 42.4 Å². The zero-order valence-electron chi connectivity index (χ0n) is 18.0. The number of imidazole rings is 1. The molecule has 0 bridgehead atoms. The summed E-state index contributed by atoms with van der Waals surface area (Å²) in [7, 11) is 0. The lowest BCUT2D eigenvalue weighted by Gasteiger charge is -2.43. The average molecular weight is 410 g/mol. The van der Waals surface area contributed by atoms with Gasteiger partial charge in [-0.05, 0) is 52.0 Å². The number of carbonyl (C=O) groups excluding carboxylic acids is 1. The van der Waals surface area contributed by atoms with Crippen molar-refractivity contribution in [2.45, 2.75) is 64.2 Å². The molecular weight excluding hydrogens is 378 g/mol. The molecule has 2 aliphatic heterocycles. The maximum absolute atomic E-state index is 12.4. The van der Waals surface area contributed by atoms with Gasteiger partial charge < -0.3 is 19.3 Å². The number of fused-ring (bicyclic) bond motifs is 3. The highest BCUT2D eigenvalue weighted by Crippen LogP contribution is 2.55. The Kier molecular flexibility index (Phi) is 4.47. The van der Waals surface area contributed by atoms with Crippen LogP contribution in [0.1, 0.15) is 58.1 Å². The number of rotatable bonds is 1.